The van der Waals surface area contributed by atoms with Crippen LogP contribution in [0.2, 0.25) is 5.02 Å². The van der Waals surface area contributed by atoms with Gasteiger partial charge in [-0.3, -0.25) is 0 Å². The van der Waals surface area contributed by atoms with Crippen molar-refractivity contribution in [2.45, 2.75) is 38.3 Å². The number of aromatic nitrogens is 2. The summed E-state index contributed by atoms with van der Waals surface area (Å²) < 4.78 is 21.6. The van der Waals surface area contributed by atoms with E-state index in [4.69, 9.17) is 16.3 Å². The first kappa shape index (κ1) is 23.3. The van der Waals surface area contributed by atoms with E-state index in [1.54, 1.807) is 25.1 Å². The van der Waals surface area contributed by atoms with Gasteiger partial charge >= 0.3 is 5.97 Å². The van der Waals surface area contributed by atoms with E-state index in [-0.39, 0.29) is 23.4 Å². The summed E-state index contributed by atoms with van der Waals surface area (Å²) in [6.07, 6.45) is 3.02. The summed E-state index contributed by atoms with van der Waals surface area (Å²) in [4.78, 5) is 17.4. The number of carbonyl (C=O) groups excluding carboxylic acids is 1. The first-order chi connectivity index (χ1) is 15.9. The predicted molar refractivity (Wildman–Crippen MR) is 127 cm³/mol. The second kappa shape index (κ2) is 9.94. The summed E-state index contributed by atoms with van der Waals surface area (Å²) in [6.45, 7) is 1.96. The second-order valence-electron chi connectivity index (χ2n) is 7.73. The van der Waals surface area contributed by atoms with Crippen LogP contribution in [-0.2, 0) is 4.74 Å². The fourth-order valence-corrected chi connectivity index (χ4v) is 4.69. The summed E-state index contributed by atoms with van der Waals surface area (Å²) in [5.74, 6) is -1.05. The third-order valence-corrected chi connectivity index (χ3v) is 6.54. The maximum Gasteiger partial charge on any atom is 0.358 e. The Labute approximate surface area is 204 Å². The number of nitriles is 1. The molecular weight excluding hydrogens is 511 g/mol. The maximum atomic E-state index is 13.8. The molecule has 1 saturated carbocycles. The van der Waals surface area contributed by atoms with E-state index in [1.807, 2.05) is 16.7 Å². The number of ether oxygens (including phenoxy) is 1. The van der Waals surface area contributed by atoms with Gasteiger partial charge in [0.25, 0.3) is 0 Å². The molecule has 2 aromatic carbocycles. The Bertz CT molecular complexity index is 1220. The minimum atomic E-state index is -0.543. The zero-order valence-corrected chi connectivity index (χ0v) is 20.2. The minimum Gasteiger partial charge on any atom is -0.461 e. The molecule has 0 radical (unpaired) electrons. The van der Waals surface area contributed by atoms with Crippen LogP contribution in [0.15, 0.2) is 47.2 Å². The van der Waals surface area contributed by atoms with Crippen molar-refractivity contribution in [3.8, 4) is 6.07 Å². The van der Waals surface area contributed by atoms with Crippen molar-refractivity contribution in [1.82, 2.24) is 9.55 Å². The van der Waals surface area contributed by atoms with Crippen LogP contribution in [0.5, 0.6) is 0 Å². The van der Waals surface area contributed by atoms with Crippen LogP contribution in [0.25, 0.3) is 0 Å². The normalized spacial score (nSPS) is 14.3. The Morgan fingerprint density at radius 3 is 2.67 bits per heavy atom. The van der Waals surface area contributed by atoms with Gasteiger partial charge in [-0.05, 0) is 78.0 Å². The number of carbonyl (C=O) groups is 1. The van der Waals surface area contributed by atoms with Crippen LogP contribution in [0.4, 0.5) is 10.1 Å². The van der Waals surface area contributed by atoms with Gasteiger partial charge in [0.2, 0.25) is 0 Å². The Balaban J connectivity index is 1.89. The molecule has 0 amide bonds. The average molecular weight is 532 g/mol. The van der Waals surface area contributed by atoms with Crippen LogP contribution in [0, 0.1) is 17.1 Å². The number of rotatable bonds is 7. The van der Waals surface area contributed by atoms with Crippen LogP contribution in [-0.4, -0.2) is 22.1 Å². The van der Waals surface area contributed by atoms with E-state index in [0.717, 1.165) is 24.8 Å². The Morgan fingerprint density at radius 1 is 1.36 bits per heavy atom. The molecule has 1 N–H and O–H groups in total. The summed E-state index contributed by atoms with van der Waals surface area (Å²) in [7, 11) is 0. The Morgan fingerprint density at radius 2 is 2.09 bits per heavy atom. The molecule has 1 unspecified atom stereocenters. The van der Waals surface area contributed by atoms with Gasteiger partial charge in [0.15, 0.2) is 10.4 Å². The van der Waals surface area contributed by atoms with Crippen molar-refractivity contribution in [3.63, 3.8) is 0 Å². The molecule has 1 aliphatic rings. The first-order valence-electron chi connectivity index (χ1n) is 10.6. The average Bonchev–Trinajstić information content (AvgIpc) is 3.10. The van der Waals surface area contributed by atoms with Crippen LogP contribution < -0.4 is 5.32 Å². The number of halogens is 3. The van der Waals surface area contributed by atoms with E-state index >= 15 is 0 Å². The van der Waals surface area contributed by atoms with Gasteiger partial charge in [0.1, 0.15) is 5.82 Å². The van der Waals surface area contributed by atoms with Gasteiger partial charge in [-0.2, -0.15) is 5.26 Å². The van der Waals surface area contributed by atoms with Gasteiger partial charge in [-0.15, -0.1) is 0 Å². The van der Waals surface area contributed by atoms with Crippen molar-refractivity contribution >= 4 is 39.2 Å². The molecule has 0 spiro atoms. The maximum absolute atomic E-state index is 13.8. The molecule has 170 valence electrons. The van der Waals surface area contributed by atoms with E-state index in [1.165, 1.54) is 12.1 Å². The Kier molecular flexibility index (Phi) is 7.01. The van der Waals surface area contributed by atoms with Crippen molar-refractivity contribution in [3.05, 3.63) is 80.6 Å². The highest BCUT2D eigenvalue weighted by molar-refractivity contribution is 9.10. The number of hydrogen-bond donors (Lipinski definition) is 1. The van der Waals surface area contributed by atoms with Gasteiger partial charge in [0, 0.05) is 11.7 Å². The number of nitrogens with one attached hydrogen (secondary N) is 1. The number of hydrogen-bond acceptors (Lipinski definition) is 5. The number of anilines is 1. The highest BCUT2D eigenvalue weighted by Crippen LogP contribution is 2.41. The molecule has 1 aliphatic carbocycles. The molecule has 1 fully saturated rings. The molecular formula is C24H21BrClFN4O2. The van der Waals surface area contributed by atoms with Gasteiger partial charge in [0.05, 0.1) is 35.0 Å². The topological polar surface area (TPSA) is 79.9 Å². The van der Waals surface area contributed by atoms with E-state index in [2.05, 4.69) is 32.3 Å². The van der Waals surface area contributed by atoms with Crippen molar-refractivity contribution < 1.29 is 13.9 Å². The van der Waals surface area contributed by atoms with Crippen LogP contribution >= 0.6 is 27.5 Å². The fourth-order valence-electron chi connectivity index (χ4n) is 3.85. The number of benzene rings is 2. The van der Waals surface area contributed by atoms with Gasteiger partial charge in [-0.25, -0.2) is 14.2 Å². The quantitative estimate of drug-likeness (QED) is 0.356. The Hall–Kier alpha value is -2.89. The largest absolute Gasteiger partial charge is 0.461 e. The lowest BCUT2D eigenvalue weighted by atomic mass is 9.91. The lowest BCUT2D eigenvalue weighted by molar-refractivity contribution is 0.0518. The fraction of sp³-hybridized carbons (Fsp3) is 0.292. The second-order valence-corrected chi connectivity index (χ2v) is 8.85. The molecule has 1 aromatic heterocycles. The molecule has 4 rings (SSSR count). The molecule has 6 nitrogen and oxygen atoms in total. The lowest BCUT2D eigenvalue weighted by Gasteiger charge is -2.32. The smallest absolute Gasteiger partial charge is 0.358 e. The molecule has 1 atom stereocenters. The zero-order valence-electron chi connectivity index (χ0n) is 17.8. The number of esters is 1. The zero-order chi connectivity index (χ0) is 23.5. The monoisotopic (exact) mass is 530 g/mol. The van der Waals surface area contributed by atoms with E-state index in [0.29, 0.717) is 21.7 Å². The number of nitrogens with zero attached hydrogens (tertiary/aromatic N) is 3. The third kappa shape index (κ3) is 4.75. The molecule has 1 heterocycles. The minimum absolute atomic E-state index is 0.0159. The molecule has 0 aliphatic heterocycles. The van der Waals surface area contributed by atoms with E-state index < -0.39 is 17.8 Å². The van der Waals surface area contributed by atoms with Crippen LogP contribution in [0.1, 0.15) is 65.6 Å². The van der Waals surface area contributed by atoms with Crippen LogP contribution in [0.3, 0.4) is 0 Å². The summed E-state index contributed by atoms with van der Waals surface area (Å²) in [6, 6.07) is 13.2. The molecule has 33 heavy (non-hydrogen) atoms. The standard InChI is InChI=1S/C24H21BrClFN4O2/c1-2-33-23(32)21-22(31(24(25)30-21)17-4-3-5-17)20(15-8-6-14(13-28)7-9-15)29-16-10-11-19(27)18(26)12-16/h6-12,17,20,29H,2-5H2,1H3. The first-order valence-corrected chi connectivity index (χ1v) is 11.8. The number of imidazole rings is 1. The highest BCUT2D eigenvalue weighted by atomic mass is 79.9. The molecule has 0 saturated heterocycles. The summed E-state index contributed by atoms with van der Waals surface area (Å²) in [5.41, 5.74) is 2.72. The molecule has 3 aromatic rings. The summed E-state index contributed by atoms with van der Waals surface area (Å²) in [5, 5.41) is 12.6. The van der Waals surface area contributed by atoms with Gasteiger partial charge < -0.3 is 14.6 Å². The third-order valence-electron chi connectivity index (χ3n) is 5.69. The van der Waals surface area contributed by atoms with E-state index in [9.17, 15) is 14.4 Å². The highest BCUT2D eigenvalue weighted by Gasteiger charge is 2.34. The molecule has 9 heteroatoms. The van der Waals surface area contributed by atoms with Crippen molar-refractivity contribution in [2.24, 2.45) is 0 Å². The lowest BCUT2D eigenvalue weighted by Crippen LogP contribution is -2.25. The van der Waals surface area contributed by atoms with Crippen molar-refractivity contribution in [1.29, 1.82) is 5.26 Å². The SMILES string of the molecule is CCOC(=O)c1nc(Br)n(C2CCC2)c1C(Nc1ccc(F)c(Cl)c1)c1ccc(C#N)cc1. The molecule has 0 bridgehead atoms. The van der Waals surface area contributed by atoms with Crippen molar-refractivity contribution in [2.75, 3.05) is 11.9 Å². The predicted octanol–water partition coefficient (Wildman–Crippen LogP) is 6.41. The summed E-state index contributed by atoms with van der Waals surface area (Å²) >= 11 is 9.55. The van der Waals surface area contributed by atoms with Gasteiger partial charge in [-0.1, -0.05) is 23.7 Å².